The van der Waals surface area contributed by atoms with Crippen molar-refractivity contribution >= 4 is 45.7 Å². The first-order valence-corrected chi connectivity index (χ1v) is 9.46. The quantitative estimate of drug-likeness (QED) is 0.321. The number of hydrazine groups is 1. The molecule has 3 aromatic rings. The van der Waals surface area contributed by atoms with E-state index in [1.807, 2.05) is 6.07 Å². The fourth-order valence-electron chi connectivity index (χ4n) is 2.61. The van der Waals surface area contributed by atoms with Gasteiger partial charge in [0.05, 0.1) is 23.8 Å². The highest BCUT2D eigenvalue weighted by Gasteiger charge is 2.09. The number of esters is 1. The molecule has 0 spiro atoms. The minimum Gasteiger partial charge on any atom is -0.462 e. The smallest absolute Gasteiger partial charge is 0.338 e. The molecule has 0 radical (unpaired) electrons. The Morgan fingerprint density at radius 1 is 1.10 bits per heavy atom. The number of nitrogens with one attached hydrogen (secondary N) is 3. The number of nitrogens with zero attached hydrogens (tertiary/aromatic N) is 2. The summed E-state index contributed by atoms with van der Waals surface area (Å²) in [6, 6.07) is 13.5. The van der Waals surface area contributed by atoms with E-state index in [0.717, 1.165) is 4.68 Å². The van der Waals surface area contributed by atoms with Gasteiger partial charge < -0.3 is 10.1 Å². The molecule has 30 heavy (non-hydrogen) atoms. The van der Waals surface area contributed by atoms with Crippen LogP contribution in [-0.2, 0) is 16.1 Å². The Balaban J connectivity index is 1.52. The minimum atomic E-state index is -0.498. The summed E-state index contributed by atoms with van der Waals surface area (Å²) in [7, 11) is 0. The van der Waals surface area contributed by atoms with E-state index in [0.29, 0.717) is 28.6 Å². The highest BCUT2D eigenvalue weighted by Crippen LogP contribution is 2.10. The molecular weight excluding hydrogens is 406 g/mol. The molecule has 0 bridgehead atoms. The summed E-state index contributed by atoms with van der Waals surface area (Å²) in [5, 5.41) is 8.19. The van der Waals surface area contributed by atoms with Crippen LogP contribution in [0.15, 0.2) is 59.5 Å². The molecule has 0 saturated heterocycles. The highest BCUT2D eigenvalue weighted by molar-refractivity contribution is 7.80. The average Bonchev–Trinajstić information content (AvgIpc) is 2.75. The number of aromatic nitrogens is 2. The summed E-state index contributed by atoms with van der Waals surface area (Å²) < 4.78 is 5.99. The molecule has 0 aliphatic rings. The number of amides is 1. The predicted molar refractivity (Wildman–Crippen MR) is 116 cm³/mol. The number of thiocarbonyl (C=S) groups is 1. The molecule has 0 aliphatic carbocycles. The van der Waals surface area contributed by atoms with E-state index >= 15 is 0 Å². The van der Waals surface area contributed by atoms with Crippen LogP contribution in [0.25, 0.3) is 10.8 Å². The molecule has 9 nitrogen and oxygen atoms in total. The van der Waals surface area contributed by atoms with Crippen LogP contribution in [0.3, 0.4) is 0 Å². The second kappa shape index (κ2) is 9.61. The third-order valence-electron chi connectivity index (χ3n) is 4.02. The van der Waals surface area contributed by atoms with Crippen LogP contribution >= 0.6 is 12.2 Å². The van der Waals surface area contributed by atoms with Gasteiger partial charge in [-0.1, -0.05) is 18.2 Å². The number of carbonyl (C=O) groups excluding carboxylic acids is 2. The third-order valence-corrected chi connectivity index (χ3v) is 4.23. The molecule has 0 unspecified atom stereocenters. The number of ether oxygens (including phenoxy) is 1. The Bertz CT molecular complexity index is 1140. The predicted octanol–water partition coefficient (Wildman–Crippen LogP) is 1.59. The van der Waals surface area contributed by atoms with Gasteiger partial charge in [0.15, 0.2) is 5.11 Å². The first kappa shape index (κ1) is 20.9. The lowest BCUT2D eigenvalue weighted by Crippen LogP contribution is -2.46. The van der Waals surface area contributed by atoms with Crippen molar-refractivity contribution in [3.63, 3.8) is 0 Å². The van der Waals surface area contributed by atoms with Crippen LogP contribution in [0.1, 0.15) is 17.3 Å². The van der Waals surface area contributed by atoms with Crippen LogP contribution in [0, 0.1) is 0 Å². The number of carbonyl (C=O) groups is 2. The average molecular weight is 425 g/mol. The number of benzene rings is 2. The first-order chi connectivity index (χ1) is 14.5. The van der Waals surface area contributed by atoms with E-state index in [-0.39, 0.29) is 17.2 Å². The van der Waals surface area contributed by atoms with Crippen molar-refractivity contribution in [1.82, 2.24) is 20.6 Å². The highest BCUT2D eigenvalue weighted by atomic mass is 32.1. The van der Waals surface area contributed by atoms with Crippen molar-refractivity contribution in [1.29, 1.82) is 0 Å². The van der Waals surface area contributed by atoms with Gasteiger partial charge in [-0.15, -0.1) is 0 Å². The van der Waals surface area contributed by atoms with Gasteiger partial charge >= 0.3 is 5.97 Å². The number of rotatable bonds is 5. The zero-order valence-corrected chi connectivity index (χ0v) is 16.9. The molecule has 0 atom stereocenters. The largest absolute Gasteiger partial charge is 0.462 e. The summed E-state index contributed by atoms with van der Waals surface area (Å²) in [5.41, 5.74) is 5.63. The molecule has 1 amide bonds. The Morgan fingerprint density at radius 3 is 2.57 bits per heavy atom. The second-order valence-electron chi connectivity index (χ2n) is 6.12. The van der Waals surface area contributed by atoms with Gasteiger partial charge in [0.1, 0.15) is 6.54 Å². The maximum atomic E-state index is 12.4. The monoisotopic (exact) mass is 425 g/mol. The summed E-state index contributed by atoms with van der Waals surface area (Å²) in [4.78, 5) is 36.2. The number of fused-ring (bicyclic) bond motifs is 1. The van der Waals surface area contributed by atoms with Gasteiger partial charge in [-0.05, 0) is 49.5 Å². The lowest BCUT2D eigenvalue weighted by atomic mass is 10.2. The van der Waals surface area contributed by atoms with Gasteiger partial charge in [0, 0.05) is 11.1 Å². The standard InChI is InChI=1S/C20H19N5O4S/c1-2-29-19(28)13-7-9-15(10-8-13)22-20(30)24-23-17(26)12-25-18(27)16-6-4-3-5-14(16)11-21-25/h3-11H,2,12H2,1H3,(H,23,26)(H2,22,24,30). The number of hydrogen-bond acceptors (Lipinski definition) is 6. The summed E-state index contributed by atoms with van der Waals surface area (Å²) >= 11 is 5.12. The molecular formula is C20H19N5O4S. The van der Waals surface area contributed by atoms with Crippen molar-refractivity contribution in [3.8, 4) is 0 Å². The Morgan fingerprint density at radius 2 is 1.83 bits per heavy atom. The van der Waals surface area contributed by atoms with E-state index in [9.17, 15) is 14.4 Å². The zero-order valence-electron chi connectivity index (χ0n) is 16.0. The topological polar surface area (TPSA) is 114 Å². The van der Waals surface area contributed by atoms with Gasteiger partial charge in [0.2, 0.25) is 0 Å². The fourth-order valence-corrected chi connectivity index (χ4v) is 2.78. The van der Waals surface area contributed by atoms with Gasteiger partial charge in [-0.25, -0.2) is 9.48 Å². The van der Waals surface area contributed by atoms with Crippen molar-refractivity contribution in [2.75, 3.05) is 11.9 Å². The maximum Gasteiger partial charge on any atom is 0.338 e. The van der Waals surface area contributed by atoms with Crippen molar-refractivity contribution in [2.45, 2.75) is 13.5 Å². The molecule has 0 saturated carbocycles. The molecule has 1 aromatic heterocycles. The zero-order chi connectivity index (χ0) is 21.5. The summed E-state index contributed by atoms with van der Waals surface area (Å²) in [6.07, 6.45) is 1.53. The lowest BCUT2D eigenvalue weighted by Gasteiger charge is -2.12. The lowest BCUT2D eigenvalue weighted by molar-refractivity contribution is -0.122. The number of anilines is 1. The molecule has 2 aromatic carbocycles. The van der Waals surface area contributed by atoms with Gasteiger partial charge in [-0.2, -0.15) is 5.10 Å². The fraction of sp³-hybridized carbons (Fsp3) is 0.150. The van der Waals surface area contributed by atoms with Gasteiger partial charge in [-0.3, -0.25) is 20.4 Å². The van der Waals surface area contributed by atoms with E-state index in [2.05, 4.69) is 21.3 Å². The van der Waals surface area contributed by atoms with Crippen LogP contribution in [0.5, 0.6) is 0 Å². The molecule has 10 heteroatoms. The van der Waals surface area contributed by atoms with E-state index in [1.165, 1.54) is 6.20 Å². The first-order valence-electron chi connectivity index (χ1n) is 9.06. The maximum absolute atomic E-state index is 12.4. The Hall–Kier alpha value is -3.79. The summed E-state index contributed by atoms with van der Waals surface area (Å²) in [6.45, 7) is 1.76. The molecule has 3 rings (SSSR count). The second-order valence-corrected chi connectivity index (χ2v) is 6.53. The van der Waals surface area contributed by atoms with E-state index < -0.39 is 11.9 Å². The van der Waals surface area contributed by atoms with Crippen molar-refractivity contribution in [3.05, 3.63) is 70.6 Å². The van der Waals surface area contributed by atoms with Gasteiger partial charge in [0.25, 0.3) is 11.5 Å². The molecule has 154 valence electrons. The SMILES string of the molecule is CCOC(=O)c1ccc(NC(=S)NNC(=O)Cn2ncc3ccccc3c2=O)cc1. The van der Waals surface area contributed by atoms with Crippen molar-refractivity contribution in [2.24, 2.45) is 0 Å². The normalized spacial score (nSPS) is 10.3. The van der Waals surface area contributed by atoms with Crippen LogP contribution < -0.4 is 21.7 Å². The number of hydrogen-bond donors (Lipinski definition) is 3. The van der Waals surface area contributed by atoms with E-state index in [4.69, 9.17) is 17.0 Å². The molecule has 1 heterocycles. The van der Waals surface area contributed by atoms with E-state index in [1.54, 1.807) is 49.4 Å². The van der Waals surface area contributed by atoms with Crippen molar-refractivity contribution < 1.29 is 14.3 Å². The molecule has 0 aliphatic heterocycles. The Kier molecular flexibility index (Phi) is 6.71. The molecule has 3 N–H and O–H groups in total. The van der Waals surface area contributed by atoms with Crippen LogP contribution in [-0.4, -0.2) is 33.4 Å². The summed E-state index contributed by atoms with van der Waals surface area (Å²) in [5.74, 6) is -0.906. The van der Waals surface area contributed by atoms with Crippen LogP contribution in [0.4, 0.5) is 5.69 Å². The Labute approximate surface area is 177 Å². The molecule has 0 fully saturated rings. The van der Waals surface area contributed by atoms with Crippen LogP contribution in [0.2, 0.25) is 0 Å². The third kappa shape index (κ3) is 5.17. The minimum absolute atomic E-state index is 0.131.